The Morgan fingerprint density at radius 2 is 1.80 bits per heavy atom. The lowest BCUT2D eigenvalue weighted by Crippen LogP contribution is -2.36. The number of carbonyl (C=O) groups is 1. The molecule has 8 nitrogen and oxygen atoms in total. The Labute approximate surface area is 175 Å². The van der Waals surface area contributed by atoms with Gasteiger partial charge >= 0.3 is 0 Å². The summed E-state index contributed by atoms with van der Waals surface area (Å²) in [6, 6.07) is 13.6. The van der Waals surface area contributed by atoms with Gasteiger partial charge in [0, 0.05) is 18.7 Å². The standard InChI is InChI=1S/C22H26N6O2/c1-22(2,3)17-6-4-16(5-7-17)21(29)24-19-14-18(28-15-23-25-26-28)8-9-20(19)27-10-12-30-13-11-27/h4-9,14-15H,10-13H2,1-3H3,(H,24,29). The van der Waals surface area contributed by atoms with Crippen molar-refractivity contribution in [1.82, 2.24) is 20.2 Å². The number of benzene rings is 2. The van der Waals surface area contributed by atoms with E-state index in [1.54, 1.807) is 4.68 Å². The van der Waals surface area contributed by atoms with Crippen LogP contribution in [0.4, 0.5) is 11.4 Å². The summed E-state index contributed by atoms with van der Waals surface area (Å²) in [5.41, 5.74) is 4.29. The molecule has 3 aromatic rings. The maximum absolute atomic E-state index is 13.0. The molecule has 1 N–H and O–H groups in total. The Hall–Kier alpha value is -3.26. The van der Waals surface area contributed by atoms with E-state index >= 15 is 0 Å². The van der Waals surface area contributed by atoms with Gasteiger partial charge in [-0.2, -0.15) is 0 Å². The Kier molecular flexibility index (Phi) is 5.50. The van der Waals surface area contributed by atoms with Gasteiger partial charge in [-0.15, -0.1) is 5.10 Å². The van der Waals surface area contributed by atoms with Crippen molar-refractivity contribution in [3.05, 3.63) is 59.9 Å². The minimum absolute atomic E-state index is 0.0404. The first-order valence-electron chi connectivity index (χ1n) is 10.0. The van der Waals surface area contributed by atoms with E-state index in [2.05, 4.69) is 46.5 Å². The van der Waals surface area contributed by atoms with Gasteiger partial charge in [0.1, 0.15) is 6.33 Å². The summed E-state index contributed by atoms with van der Waals surface area (Å²) in [6.07, 6.45) is 1.53. The third-order valence-corrected chi connectivity index (χ3v) is 5.21. The van der Waals surface area contributed by atoms with Crippen LogP contribution < -0.4 is 10.2 Å². The molecule has 1 fully saturated rings. The molecule has 0 radical (unpaired) electrons. The van der Waals surface area contributed by atoms with Gasteiger partial charge in [0.05, 0.1) is 30.3 Å². The maximum Gasteiger partial charge on any atom is 0.255 e. The van der Waals surface area contributed by atoms with Crippen LogP contribution in [-0.2, 0) is 10.2 Å². The second kappa shape index (κ2) is 8.23. The normalized spacial score (nSPS) is 14.6. The molecule has 1 aliphatic rings. The van der Waals surface area contributed by atoms with Gasteiger partial charge in [-0.05, 0) is 51.7 Å². The van der Waals surface area contributed by atoms with Crippen LogP contribution in [0.25, 0.3) is 5.69 Å². The zero-order valence-corrected chi connectivity index (χ0v) is 17.5. The molecular formula is C22H26N6O2. The molecule has 0 unspecified atom stereocenters. The highest BCUT2D eigenvalue weighted by Crippen LogP contribution is 2.30. The highest BCUT2D eigenvalue weighted by Gasteiger charge is 2.19. The zero-order valence-electron chi connectivity index (χ0n) is 17.5. The molecule has 0 bridgehead atoms. The van der Waals surface area contributed by atoms with Crippen LogP contribution in [-0.4, -0.2) is 52.4 Å². The highest BCUT2D eigenvalue weighted by atomic mass is 16.5. The van der Waals surface area contributed by atoms with E-state index in [1.165, 1.54) is 11.9 Å². The molecule has 4 rings (SSSR count). The molecule has 0 saturated carbocycles. The number of morpholine rings is 1. The predicted molar refractivity (Wildman–Crippen MR) is 115 cm³/mol. The molecular weight excluding hydrogens is 380 g/mol. The molecule has 0 aliphatic carbocycles. The van der Waals surface area contributed by atoms with Gasteiger partial charge in [-0.1, -0.05) is 32.9 Å². The molecule has 2 aromatic carbocycles. The summed E-state index contributed by atoms with van der Waals surface area (Å²) in [7, 11) is 0. The van der Waals surface area contributed by atoms with Crippen LogP contribution in [0.5, 0.6) is 0 Å². The number of hydrogen-bond donors (Lipinski definition) is 1. The summed E-state index contributed by atoms with van der Waals surface area (Å²) in [6.45, 7) is 9.33. The number of nitrogens with zero attached hydrogens (tertiary/aromatic N) is 5. The van der Waals surface area contributed by atoms with Crippen LogP contribution in [0.15, 0.2) is 48.8 Å². The second-order valence-electron chi connectivity index (χ2n) is 8.34. The van der Waals surface area contributed by atoms with Crippen molar-refractivity contribution >= 4 is 17.3 Å². The van der Waals surface area contributed by atoms with Crippen molar-refractivity contribution in [1.29, 1.82) is 0 Å². The van der Waals surface area contributed by atoms with E-state index in [0.717, 1.165) is 30.2 Å². The summed E-state index contributed by atoms with van der Waals surface area (Å²) in [4.78, 5) is 15.2. The Morgan fingerprint density at radius 3 is 2.43 bits per heavy atom. The highest BCUT2D eigenvalue weighted by molar-refractivity contribution is 6.06. The van der Waals surface area contributed by atoms with Crippen LogP contribution in [0, 0.1) is 0 Å². The van der Waals surface area contributed by atoms with Gasteiger partial charge in [-0.3, -0.25) is 4.79 Å². The second-order valence-corrected chi connectivity index (χ2v) is 8.34. The maximum atomic E-state index is 13.0. The molecule has 1 saturated heterocycles. The lowest BCUT2D eigenvalue weighted by atomic mass is 9.87. The fourth-order valence-electron chi connectivity index (χ4n) is 3.44. The van der Waals surface area contributed by atoms with Gasteiger partial charge in [0.25, 0.3) is 5.91 Å². The molecule has 1 aromatic heterocycles. The lowest BCUT2D eigenvalue weighted by molar-refractivity contribution is 0.102. The molecule has 0 atom stereocenters. The fourth-order valence-corrected chi connectivity index (χ4v) is 3.44. The monoisotopic (exact) mass is 406 g/mol. The molecule has 8 heteroatoms. The number of tetrazole rings is 1. The molecule has 30 heavy (non-hydrogen) atoms. The smallest absolute Gasteiger partial charge is 0.255 e. The largest absolute Gasteiger partial charge is 0.378 e. The number of amides is 1. The topological polar surface area (TPSA) is 85.2 Å². The van der Waals surface area contributed by atoms with E-state index in [1.807, 2.05) is 42.5 Å². The van der Waals surface area contributed by atoms with E-state index in [-0.39, 0.29) is 11.3 Å². The number of ether oxygens (including phenoxy) is 1. The van der Waals surface area contributed by atoms with Crippen LogP contribution in [0.1, 0.15) is 36.7 Å². The molecule has 0 spiro atoms. The Bertz CT molecular complexity index is 1000. The van der Waals surface area contributed by atoms with Crippen molar-refractivity contribution in [2.45, 2.75) is 26.2 Å². The molecule has 2 heterocycles. The van der Waals surface area contributed by atoms with Gasteiger partial charge < -0.3 is 15.0 Å². The third kappa shape index (κ3) is 4.33. The minimum atomic E-state index is -0.154. The number of aromatic nitrogens is 4. The Morgan fingerprint density at radius 1 is 1.07 bits per heavy atom. The van der Waals surface area contributed by atoms with Crippen LogP contribution in [0.2, 0.25) is 0 Å². The quantitative estimate of drug-likeness (QED) is 0.717. The average molecular weight is 406 g/mol. The van der Waals surface area contributed by atoms with Gasteiger partial charge in [0.15, 0.2) is 0 Å². The minimum Gasteiger partial charge on any atom is -0.378 e. The summed E-state index contributed by atoms with van der Waals surface area (Å²) < 4.78 is 7.04. The van der Waals surface area contributed by atoms with Crippen molar-refractivity contribution in [3.63, 3.8) is 0 Å². The van der Waals surface area contributed by atoms with E-state index in [0.29, 0.717) is 18.8 Å². The predicted octanol–water partition coefficient (Wildman–Crippen LogP) is 3.05. The first-order valence-corrected chi connectivity index (χ1v) is 10.0. The first kappa shape index (κ1) is 20.0. The number of nitrogens with one attached hydrogen (secondary N) is 1. The van der Waals surface area contributed by atoms with Crippen LogP contribution in [0.3, 0.4) is 0 Å². The van der Waals surface area contributed by atoms with Gasteiger partial charge in [-0.25, -0.2) is 4.68 Å². The van der Waals surface area contributed by atoms with E-state index in [9.17, 15) is 4.79 Å². The van der Waals surface area contributed by atoms with E-state index in [4.69, 9.17) is 4.74 Å². The molecule has 1 amide bonds. The van der Waals surface area contributed by atoms with Crippen molar-refractivity contribution in [2.24, 2.45) is 0 Å². The van der Waals surface area contributed by atoms with Gasteiger partial charge in [0.2, 0.25) is 0 Å². The summed E-state index contributed by atoms with van der Waals surface area (Å²) in [5.74, 6) is -0.154. The van der Waals surface area contributed by atoms with Crippen molar-refractivity contribution in [2.75, 3.05) is 36.5 Å². The van der Waals surface area contributed by atoms with Crippen LogP contribution >= 0.6 is 0 Å². The summed E-state index contributed by atoms with van der Waals surface area (Å²) in [5, 5.41) is 14.4. The molecule has 156 valence electrons. The van der Waals surface area contributed by atoms with E-state index < -0.39 is 0 Å². The fraction of sp³-hybridized carbons (Fsp3) is 0.364. The summed E-state index contributed by atoms with van der Waals surface area (Å²) >= 11 is 0. The average Bonchev–Trinajstić information content (AvgIpc) is 3.29. The number of hydrogen-bond acceptors (Lipinski definition) is 6. The number of rotatable bonds is 4. The number of carbonyl (C=O) groups excluding carboxylic acids is 1. The Balaban J connectivity index is 1.63. The SMILES string of the molecule is CC(C)(C)c1ccc(C(=O)Nc2cc(-n3cnnn3)ccc2N2CCOCC2)cc1. The van der Waals surface area contributed by atoms with Crippen molar-refractivity contribution in [3.8, 4) is 5.69 Å². The lowest BCUT2D eigenvalue weighted by Gasteiger charge is -2.30. The zero-order chi connectivity index (χ0) is 21.1. The first-order chi connectivity index (χ1) is 14.4. The third-order valence-electron chi connectivity index (χ3n) is 5.21. The number of anilines is 2. The molecule has 1 aliphatic heterocycles. The van der Waals surface area contributed by atoms with Crippen molar-refractivity contribution < 1.29 is 9.53 Å².